The number of hydrogen-bond acceptors (Lipinski definition) is 4. The third-order valence-corrected chi connectivity index (χ3v) is 6.03. The van der Waals surface area contributed by atoms with Gasteiger partial charge in [-0.2, -0.15) is 0 Å². The molecule has 0 amide bonds. The van der Waals surface area contributed by atoms with E-state index in [0.717, 1.165) is 29.6 Å². The van der Waals surface area contributed by atoms with Crippen LogP contribution in [-0.4, -0.2) is 22.1 Å². The van der Waals surface area contributed by atoms with Gasteiger partial charge in [0.25, 0.3) is 0 Å². The fourth-order valence-corrected chi connectivity index (χ4v) is 4.20. The van der Waals surface area contributed by atoms with Crippen molar-refractivity contribution >= 4 is 51.8 Å². The molecule has 0 aliphatic rings. The van der Waals surface area contributed by atoms with Crippen LogP contribution in [0.3, 0.4) is 0 Å². The summed E-state index contributed by atoms with van der Waals surface area (Å²) in [6.45, 7) is 7.23. The molecule has 7 heteroatoms. The number of ether oxygens (including phenoxy) is 1. The molecule has 0 bridgehead atoms. The molecule has 0 spiro atoms. The average molecular weight is 462 g/mol. The van der Waals surface area contributed by atoms with Crippen LogP contribution >= 0.6 is 23.2 Å². The van der Waals surface area contributed by atoms with Gasteiger partial charge in [0.1, 0.15) is 5.52 Å². The summed E-state index contributed by atoms with van der Waals surface area (Å²) >= 11 is 12.6. The summed E-state index contributed by atoms with van der Waals surface area (Å²) in [5.74, 6) is 0.919. The molecule has 1 N–H and O–H groups in total. The van der Waals surface area contributed by atoms with Gasteiger partial charge in [0.2, 0.25) is 5.95 Å². The normalized spacial score (nSPS) is 11.3. The molecule has 0 fully saturated rings. The second kappa shape index (κ2) is 10.9. The summed E-state index contributed by atoms with van der Waals surface area (Å²) < 4.78 is 7.23. The lowest BCUT2D eigenvalue weighted by atomic mass is 9.93. The SMILES string of the molecule is CCOC(=O)CCCn1c(Nc2ccc(Cl)cc2)nc2c(Cl)ccc(C(CC)CC)c21. The van der Waals surface area contributed by atoms with Crippen molar-refractivity contribution < 1.29 is 9.53 Å². The van der Waals surface area contributed by atoms with Crippen molar-refractivity contribution in [3.8, 4) is 0 Å². The van der Waals surface area contributed by atoms with Crippen LogP contribution in [0.5, 0.6) is 0 Å². The van der Waals surface area contributed by atoms with Crippen molar-refractivity contribution in [3.63, 3.8) is 0 Å². The molecule has 0 aliphatic carbocycles. The van der Waals surface area contributed by atoms with Crippen LogP contribution in [0.1, 0.15) is 57.9 Å². The van der Waals surface area contributed by atoms with E-state index in [9.17, 15) is 4.79 Å². The standard InChI is InChI=1S/C24H29Cl2N3O2/c1-4-16(5-2)19-13-14-20(26)22-23(19)29(15-7-8-21(30)31-6-3)24(28-22)27-18-11-9-17(25)10-12-18/h9-14,16H,4-8,15H2,1-3H3,(H,27,28). The van der Waals surface area contributed by atoms with Crippen LogP contribution in [0.25, 0.3) is 11.0 Å². The topological polar surface area (TPSA) is 56.1 Å². The number of nitrogens with zero attached hydrogens (tertiary/aromatic N) is 2. The van der Waals surface area contributed by atoms with Crippen molar-refractivity contribution in [2.24, 2.45) is 0 Å². The number of aryl methyl sites for hydroxylation is 1. The highest BCUT2D eigenvalue weighted by Gasteiger charge is 2.21. The fourth-order valence-electron chi connectivity index (χ4n) is 3.88. The first-order chi connectivity index (χ1) is 15.0. The fraction of sp³-hybridized carbons (Fsp3) is 0.417. The zero-order valence-electron chi connectivity index (χ0n) is 18.3. The van der Waals surface area contributed by atoms with E-state index < -0.39 is 0 Å². The van der Waals surface area contributed by atoms with Crippen molar-refractivity contribution in [2.45, 2.75) is 58.9 Å². The Labute approximate surface area is 193 Å². The van der Waals surface area contributed by atoms with Gasteiger partial charge in [-0.25, -0.2) is 4.98 Å². The molecule has 0 saturated heterocycles. The maximum Gasteiger partial charge on any atom is 0.305 e. The number of rotatable bonds is 10. The predicted molar refractivity (Wildman–Crippen MR) is 129 cm³/mol. The predicted octanol–water partition coefficient (Wildman–Crippen LogP) is 7.33. The minimum atomic E-state index is -0.183. The number of carbonyl (C=O) groups excluding carboxylic acids is 1. The molecule has 0 atom stereocenters. The Morgan fingerprint density at radius 3 is 2.45 bits per heavy atom. The van der Waals surface area contributed by atoms with Crippen LogP contribution in [-0.2, 0) is 16.1 Å². The number of imidazole rings is 1. The molecule has 0 saturated carbocycles. The Kier molecular flexibility index (Phi) is 8.22. The third kappa shape index (κ3) is 5.52. The quantitative estimate of drug-likeness (QED) is 0.321. The van der Waals surface area contributed by atoms with E-state index in [2.05, 4.69) is 29.8 Å². The Bertz CT molecular complexity index is 1030. The molecule has 0 aliphatic heterocycles. The van der Waals surface area contributed by atoms with Gasteiger partial charge in [-0.05, 0) is 68.0 Å². The smallest absolute Gasteiger partial charge is 0.305 e. The van der Waals surface area contributed by atoms with Gasteiger partial charge in [0.15, 0.2) is 0 Å². The molecule has 31 heavy (non-hydrogen) atoms. The minimum Gasteiger partial charge on any atom is -0.466 e. The Morgan fingerprint density at radius 1 is 1.10 bits per heavy atom. The molecule has 1 aromatic heterocycles. The van der Waals surface area contributed by atoms with Crippen molar-refractivity contribution in [2.75, 3.05) is 11.9 Å². The van der Waals surface area contributed by atoms with E-state index in [1.807, 2.05) is 37.3 Å². The van der Waals surface area contributed by atoms with Gasteiger partial charge in [0.05, 0.1) is 17.1 Å². The molecule has 0 radical (unpaired) electrons. The van der Waals surface area contributed by atoms with E-state index in [0.29, 0.717) is 47.9 Å². The molecular formula is C24H29Cl2N3O2. The van der Waals surface area contributed by atoms with Crippen molar-refractivity contribution in [1.82, 2.24) is 9.55 Å². The lowest BCUT2D eigenvalue weighted by Gasteiger charge is -2.17. The first kappa shape index (κ1) is 23.4. The number of nitrogens with one attached hydrogen (secondary N) is 1. The molecule has 166 valence electrons. The van der Waals surface area contributed by atoms with Gasteiger partial charge >= 0.3 is 5.97 Å². The highest BCUT2D eigenvalue weighted by Crippen LogP contribution is 2.36. The second-order valence-corrected chi connectivity index (χ2v) is 8.32. The highest BCUT2D eigenvalue weighted by atomic mass is 35.5. The van der Waals surface area contributed by atoms with Crippen molar-refractivity contribution in [1.29, 1.82) is 0 Å². The number of fused-ring (bicyclic) bond motifs is 1. The maximum absolute atomic E-state index is 11.9. The molecule has 1 heterocycles. The number of halogens is 2. The molecule has 3 aromatic rings. The number of hydrogen-bond donors (Lipinski definition) is 1. The average Bonchev–Trinajstić information content (AvgIpc) is 3.11. The van der Waals surface area contributed by atoms with E-state index in [1.54, 1.807) is 0 Å². The lowest BCUT2D eigenvalue weighted by Crippen LogP contribution is -2.09. The molecule has 3 rings (SSSR count). The Balaban J connectivity index is 2.05. The largest absolute Gasteiger partial charge is 0.466 e. The van der Waals surface area contributed by atoms with Gasteiger partial charge in [-0.1, -0.05) is 43.1 Å². The number of benzene rings is 2. The second-order valence-electron chi connectivity index (χ2n) is 7.47. The van der Waals surface area contributed by atoms with Crippen LogP contribution in [0, 0.1) is 0 Å². The first-order valence-electron chi connectivity index (χ1n) is 10.8. The zero-order chi connectivity index (χ0) is 22.4. The Morgan fingerprint density at radius 2 is 1.81 bits per heavy atom. The Hall–Kier alpha value is -2.24. The number of carbonyl (C=O) groups is 1. The summed E-state index contributed by atoms with van der Waals surface area (Å²) in [6, 6.07) is 11.5. The van der Waals surface area contributed by atoms with E-state index >= 15 is 0 Å². The summed E-state index contributed by atoms with van der Waals surface area (Å²) in [4.78, 5) is 16.7. The van der Waals surface area contributed by atoms with Gasteiger partial charge in [-0.15, -0.1) is 0 Å². The number of esters is 1. The first-order valence-corrected chi connectivity index (χ1v) is 11.6. The number of anilines is 2. The summed E-state index contributed by atoms with van der Waals surface area (Å²) in [5.41, 5.74) is 3.92. The molecule has 0 unspecified atom stereocenters. The van der Waals surface area contributed by atoms with Crippen molar-refractivity contribution in [3.05, 3.63) is 52.0 Å². The van der Waals surface area contributed by atoms with Gasteiger partial charge in [-0.3, -0.25) is 4.79 Å². The van der Waals surface area contributed by atoms with Crippen LogP contribution in [0.2, 0.25) is 10.0 Å². The molecule has 2 aromatic carbocycles. The molecule has 5 nitrogen and oxygen atoms in total. The van der Waals surface area contributed by atoms with E-state index in [4.69, 9.17) is 32.9 Å². The van der Waals surface area contributed by atoms with Gasteiger partial charge < -0.3 is 14.6 Å². The van der Waals surface area contributed by atoms with Crippen LogP contribution in [0.15, 0.2) is 36.4 Å². The summed E-state index contributed by atoms with van der Waals surface area (Å²) in [5, 5.41) is 4.69. The highest BCUT2D eigenvalue weighted by molar-refractivity contribution is 6.35. The monoisotopic (exact) mass is 461 g/mol. The number of aromatic nitrogens is 2. The van der Waals surface area contributed by atoms with Crippen LogP contribution < -0.4 is 5.32 Å². The molecular weight excluding hydrogens is 433 g/mol. The third-order valence-electron chi connectivity index (χ3n) is 5.47. The van der Waals surface area contributed by atoms with E-state index in [1.165, 1.54) is 5.56 Å². The van der Waals surface area contributed by atoms with E-state index in [-0.39, 0.29) is 5.97 Å². The summed E-state index contributed by atoms with van der Waals surface area (Å²) in [6.07, 6.45) is 3.06. The lowest BCUT2D eigenvalue weighted by molar-refractivity contribution is -0.143. The zero-order valence-corrected chi connectivity index (χ0v) is 19.8. The summed E-state index contributed by atoms with van der Waals surface area (Å²) in [7, 11) is 0. The van der Waals surface area contributed by atoms with Crippen LogP contribution in [0.4, 0.5) is 11.6 Å². The van der Waals surface area contributed by atoms with Gasteiger partial charge in [0, 0.05) is 23.7 Å². The minimum absolute atomic E-state index is 0.183. The maximum atomic E-state index is 11.9.